The Bertz CT molecular complexity index is 897. The molecule has 0 heterocycles. The number of amides is 1. The molecule has 0 saturated carbocycles. The molecule has 26 heavy (non-hydrogen) atoms. The molecule has 0 aromatic heterocycles. The van der Waals surface area contributed by atoms with Gasteiger partial charge in [0.2, 0.25) is 0 Å². The maximum Gasteiger partial charge on any atom is 0.255 e. The zero-order chi connectivity index (χ0) is 19.3. The maximum atomic E-state index is 13.3. The van der Waals surface area contributed by atoms with Crippen LogP contribution in [0.25, 0.3) is 0 Å². The summed E-state index contributed by atoms with van der Waals surface area (Å²) in [5, 5.41) is 5.61. The molecule has 0 spiro atoms. The van der Waals surface area contributed by atoms with Gasteiger partial charge in [-0.15, -0.1) is 0 Å². The van der Waals surface area contributed by atoms with Crippen molar-refractivity contribution in [3.05, 3.63) is 59.4 Å². The number of carbonyl (C=O) groups is 1. The number of benzene rings is 2. The van der Waals surface area contributed by atoms with Crippen LogP contribution in [-0.4, -0.2) is 33.7 Å². The van der Waals surface area contributed by atoms with Crippen molar-refractivity contribution in [3.8, 4) is 0 Å². The first-order valence-electron chi connectivity index (χ1n) is 8.28. The largest absolute Gasteiger partial charge is 0.322 e. The normalized spacial score (nSPS) is 12.6. The van der Waals surface area contributed by atoms with Crippen molar-refractivity contribution in [2.45, 2.75) is 18.7 Å². The predicted octanol–water partition coefficient (Wildman–Crippen LogP) is 3.02. The first-order chi connectivity index (χ1) is 12.2. The lowest BCUT2D eigenvalue weighted by atomic mass is 10.2. The van der Waals surface area contributed by atoms with Gasteiger partial charge < -0.3 is 10.6 Å². The quantitative estimate of drug-likeness (QED) is 0.777. The summed E-state index contributed by atoms with van der Waals surface area (Å²) in [4.78, 5) is 12.5. The van der Waals surface area contributed by atoms with Crippen molar-refractivity contribution in [1.82, 2.24) is 5.32 Å². The van der Waals surface area contributed by atoms with Crippen molar-refractivity contribution >= 4 is 21.4 Å². The second-order valence-electron chi connectivity index (χ2n) is 6.39. The molecule has 1 unspecified atom stereocenters. The van der Waals surface area contributed by atoms with Gasteiger partial charge in [0.25, 0.3) is 5.91 Å². The molecule has 2 N–H and O–H groups in total. The number of sulfone groups is 1. The molecule has 1 amide bonds. The molecule has 5 nitrogen and oxygen atoms in total. The van der Waals surface area contributed by atoms with E-state index in [2.05, 4.69) is 10.6 Å². The number of aryl methyl sites for hydroxylation is 1. The first kappa shape index (κ1) is 20.1. The molecule has 2 aromatic rings. The monoisotopic (exact) mass is 378 g/mol. The molecule has 0 bridgehead atoms. The van der Waals surface area contributed by atoms with Gasteiger partial charge in [-0.2, -0.15) is 0 Å². The van der Waals surface area contributed by atoms with E-state index in [9.17, 15) is 17.6 Å². The topological polar surface area (TPSA) is 75.3 Å². The number of hydrogen-bond donors (Lipinski definition) is 2. The minimum atomic E-state index is -3.49. The Hall–Kier alpha value is -2.25. The zero-order valence-corrected chi connectivity index (χ0v) is 15.9. The average Bonchev–Trinajstić information content (AvgIpc) is 2.58. The molecule has 0 aliphatic rings. The summed E-state index contributed by atoms with van der Waals surface area (Å²) in [7, 11) is -1.72. The molecule has 0 radical (unpaired) electrons. The first-order valence-corrected chi connectivity index (χ1v) is 9.93. The third-order valence-corrected chi connectivity index (χ3v) is 5.91. The van der Waals surface area contributed by atoms with Crippen LogP contribution >= 0.6 is 0 Å². The highest BCUT2D eigenvalue weighted by atomic mass is 32.2. The Labute approximate surface area is 153 Å². The highest BCUT2D eigenvalue weighted by Gasteiger charge is 2.19. The van der Waals surface area contributed by atoms with Crippen molar-refractivity contribution < 1.29 is 17.6 Å². The molecular formula is C19H23FN2O3S. The Morgan fingerprint density at radius 3 is 2.58 bits per heavy atom. The van der Waals surface area contributed by atoms with Crippen LogP contribution in [0, 0.1) is 18.7 Å². The second kappa shape index (κ2) is 8.42. The number of carbonyl (C=O) groups excluding carboxylic acids is 1. The summed E-state index contributed by atoms with van der Waals surface area (Å²) >= 11 is 0. The highest BCUT2D eigenvalue weighted by Crippen LogP contribution is 2.18. The van der Waals surface area contributed by atoms with Crippen molar-refractivity contribution in [2.24, 2.45) is 5.92 Å². The summed E-state index contributed by atoms with van der Waals surface area (Å²) in [5.41, 5.74) is 1.09. The number of rotatable bonds is 7. The van der Waals surface area contributed by atoms with E-state index in [-0.39, 0.29) is 27.9 Å². The van der Waals surface area contributed by atoms with E-state index in [1.54, 1.807) is 26.1 Å². The van der Waals surface area contributed by atoms with Crippen molar-refractivity contribution in [3.63, 3.8) is 0 Å². The van der Waals surface area contributed by atoms with E-state index in [4.69, 9.17) is 0 Å². The number of anilines is 1. The van der Waals surface area contributed by atoms with Crippen LogP contribution in [0.2, 0.25) is 0 Å². The van der Waals surface area contributed by atoms with Crippen LogP contribution in [0.15, 0.2) is 47.4 Å². The van der Waals surface area contributed by atoms with Gasteiger partial charge in [-0.1, -0.05) is 13.0 Å². The fraction of sp³-hybridized carbons (Fsp3) is 0.316. The Morgan fingerprint density at radius 2 is 1.92 bits per heavy atom. The summed E-state index contributed by atoms with van der Waals surface area (Å²) in [6.45, 7) is 4.04. The van der Waals surface area contributed by atoms with Gasteiger partial charge >= 0.3 is 0 Å². The van der Waals surface area contributed by atoms with Gasteiger partial charge in [0.05, 0.1) is 10.6 Å². The van der Waals surface area contributed by atoms with Gasteiger partial charge in [-0.05, 0) is 68.4 Å². The van der Waals surface area contributed by atoms with Crippen molar-refractivity contribution in [1.29, 1.82) is 0 Å². The molecular weight excluding hydrogens is 355 g/mol. The lowest BCUT2D eigenvalue weighted by molar-refractivity contribution is 0.102. The van der Waals surface area contributed by atoms with Crippen LogP contribution in [0.1, 0.15) is 22.8 Å². The Balaban J connectivity index is 2.19. The number of hydrogen-bond acceptors (Lipinski definition) is 4. The van der Waals surface area contributed by atoms with Gasteiger partial charge in [0.15, 0.2) is 9.84 Å². The lowest BCUT2D eigenvalue weighted by Crippen LogP contribution is -2.24. The van der Waals surface area contributed by atoms with Gasteiger partial charge in [-0.25, -0.2) is 12.8 Å². The highest BCUT2D eigenvalue weighted by molar-refractivity contribution is 7.91. The fourth-order valence-electron chi connectivity index (χ4n) is 2.63. The Morgan fingerprint density at radius 1 is 1.19 bits per heavy atom. The van der Waals surface area contributed by atoms with Gasteiger partial charge in [-0.3, -0.25) is 4.79 Å². The average molecular weight is 378 g/mol. The molecule has 0 saturated heterocycles. The minimum absolute atomic E-state index is 0.00390. The third kappa shape index (κ3) is 5.12. The smallest absolute Gasteiger partial charge is 0.255 e. The second-order valence-corrected chi connectivity index (χ2v) is 8.42. The van der Waals surface area contributed by atoms with E-state index in [1.165, 1.54) is 30.3 Å². The molecule has 140 valence electrons. The van der Waals surface area contributed by atoms with E-state index < -0.39 is 15.7 Å². The lowest BCUT2D eigenvalue weighted by Gasteiger charge is -2.12. The van der Waals surface area contributed by atoms with Crippen molar-refractivity contribution in [2.75, 3.05) is 24.7 Å². The van der Waals surface area contributed by atoms with Crippen LogP contribution in [0.4, 0.5) is 10.1 Å². The third-order valence-electron chi connectivity index (χ3n) is 3.93. The fourth-order valence-corrected chi connectivity index (χ4v) is 4.29. The summed E-state index contributed by atoms with van der Waals surface area (Å²) in [6.07, 6.45) is 0. The van der Waals surface area contributed by atoms with Crippen LogP contribution < -0.4 is 10.6 Å². The summed E-state index contributed by atoms with van der Waals surface area (Å²) in [5.74, 6) is -0.858. The molecule has 2 rings (SSSR count). The molecule has 0 aliphatic heterocycles. The summed E-state index contributed by atoms with van der Waals surface area (Å²) < 4.78 is 38.4. The molecule has 7 heteroatoms. The van der Waals surface area contributed by atoms with Gasteiger partial charge in [0.1, 0.15) is 5.82 Å². The Kier molecular flexibility index (Phi) is 6.50. The van der Waals surface area contributed by atoms with Crippen LogP contribution in [0.5, 0.6) is 0 Å². The maximum absolute atomic E-state index is 13.3. The zero-order valence-electron chi connectivity index (χ0n) is 15.0. The van der Waals surface area contributed by atoms with Crippen LogP contribution in [0.3, 0.4) is 0 Å². The summed E-state index contributed by atoms with van der Waals surface area (Å²) in [6, 6.07) is 10.2. The van der Waals surface area contributed by atoms with E-state index in [0.717, 1.165) is 0 Å². The SMILES string of the molecule is CNCC(C)CS(=O)(=O)c1cccc(C(=O)Nc2ccc(F)c(C)c2)c1. The van der Waals surface area contributed by atoms with E-state index in [0.29, 0.717) is 17.8 Å². The predicted molar refractivity (Wildman–Crippen MR) is 101 cm³/mol. The molecule has 0 aliphatic carbocycles. The van der Waals surface area contributed by atoms with Gasteiger partial charge in [0, 0.05) is 11.3 Å². The minimum Gasteiger partial charge on any atom is -0.322 e. The number of nitrogens with one attached hydrogen (secondary N) is 2. The standard InChI is InChI=1S/C19H23FN2O3S/c1-13(11-21-3)12-26(24,25)17-6-4-5-15(10-17)19(23)22-16-7-8-18(20)14(2)9-16/h4-10,13,21H,11-12H2,1-3H3,(H,22,23). The molecule has 2 aromatic carbocycles. The number of halogens is 1. The molecule has 1 atom stereocenters. The van der Waals surface area contributed by atoms with E-state index >= 15 is 0 Å². The van der Waals surface area contributed by atoms with Crippen LogP contribution in [-0.2, 0) is 9.84 Å². The molecule has 0 fully saturated rings. The van der Waals surface area contributed by atoms with E-state index in [1.807, 2.05) is 6.92 Å².